The minimum absolute atomic E-state index is 0.0133. The average Bonchev–Trinajstić information content (AvgIpc) is 3.45. The predicted octanol–water partition coefficient (Wildman–Crippen LogP) is 7.88. The highest BCUT2D eigenvalue weighted by Gasteiger charge is 2.70. The molecule has 7 rings (SSSR count). The molecule has 0 aromatic heterocycles. The van der Waals surface area contributed by atoms with Crippen LogP contribution >= 0.6 is 0 Å². The molecular weight excluding hydrogens is 657 g/mol. The SMILES string of the molecule is C=C(C)[C@@H]1CC[C@]2(CNCC(=O)N3CCS(=O)(=O)CC3)CC[C@]3(C)[C@H](CC[C@@H]4[C@@]5(C)CC=C(c6ccc(C(=O)O)cc6)C(C)(C)[C@@H]5CC[C@]43C)[C@@H]12. The first-order valence-electron chi connectivity index (χ1n) is 19.8. The van der Waals surface area contributed by atoms with Gasteiger partial charge in [0.1, 0.15) is 0 Å². The molecule has 1 aliphatic heterocycles. The number of nitrogens with zero attached hydrogens (tertiary/aromatic N) is 1. The largest absolute Gasteiger partial charge is 0.478 e. The first-order valence-corrected chi connectivity index (χ1v) is 21.6. The van der Waals surface area contributed by atoms with E-state index in [-0.39, 0.29) is 51.0 Å². The van der Waals surface area contributed by atoms with Crippen LogP contribution < -0.4 is 5.32 Å². The van der Waals surface area contributed by atoms with E-state index in [4.69, 9.17) is 0 Å². The Kier molecular flexibility index (Phi) is 9.09. The van der Waals surface area contributed by atoms with Gasteiger partial charge in [-0.1, -0.05) is 65.0 Å². The van der Waals surface area contributed by atoms with Gasteiger partial charge in [0.2, 0.25) is 5.91 Å². The van der Waals surface area contributed by atoms with Crippen molar-refractivity contribution >= 4 is 27.3 Å². The van der Waals surface area contributed by atoms with Crippen LogP contribution in [0.1, 0.15) is 115 Å². The summed E-state index contributed by atoms with van der Waals surface area (Å²) in [6.45, 7) is 21.4. The van der Waals surface area contributed by atoms with E-state index in [0.717, 1.165) is 18.5 Å². The highest BCUT2D eigenvalue weighted by Crippen LogP contribution is 2.77. The predicted molar refractivity (Wildman–Crippen MR) is 204 cm³/mol. The Labute approximate surface area is 307 Å². The van der Waals surface area contributed by atoms with Crippen molar-refractivity contribution in [3.05, 3.63) is 53.6 Å². The number of rotatable bonds is 7. The van der Waals surface area contributed by atoms with Gasteiger partial charge in [-0.3, -0.25) is 4.79 Å². The first kappa shape index (κ1) is 36.9. The van der Waals surface area contributed by atoms with Crippen molar-refractivity contribution in [1.29, 1.82) is 0 Å². The molecule has 1 heterocycles. The second kappa shape index (κ2) is 12.6. The molecule has 0 radical (unpaired) electrons. The van der Waals surface area contributed by atoms with E-state index in [9.17, 15) is 23.1 Å². The van der Waals surface area contributed by atoms with Gasteiger partial charge in [-0.15, -0.1) is 0 Å². The fourth-order valence-corrected chi connectivity index (χ4v) is 15.2. The minimum atomic E-state index is -3.02. The molecule has 280 valence electrons. The standard InChI is InChI=1S/C43H62N2O5S/c1-28(2)31-14-19-43(27-44-26-36(46)45-22-24-51(49,50)25-23-45)21-20-41(6)33(37(31)43)12-13-35-40(5)17-15-32(29-8-10-30(11-9-29)38(47)48)39(3,4)34(40)16-18-42(35,41)7/h8-11,15,31,33-35,37,44H,1,12-14,16-27H2,2-7H3,(H,47,48)/t31-,33+,34-,35+,37+,40-,41+,42+,43+/m0/s1. The number of amides is 1. The summed E-state index contributed by atoms with van der Waals surface area (Å²) in [4.78, 5) is 26.4. The first-order chi connectivity index (χ1) is 23.9. The van der Waals surface area contributed by atoms with Crippen molar-refractivity contribution in [2.24, 2.45) is 56.7 Å². The topological polar surface area (TPSA) is 104 Å². The van der Waals surface area contributed by atoms with Crippen molar-refractivity contribution < 1.29 is 23.1 Å². The lowest BCUT2D eigenvalue weighted by Gasteiger charge is -2.72. The van der Waals surface area contributed by atoms with Crippen molar-refractivity contribution in [3.8, 4) is 0 Å². The molecule has 0 bridgehead atoms. The fourth-order valence-electron chi connectivity index (χ4n) is 14.0. The highest BCUT2D eigenvalue weighted by atomic mass is 32.2. The maximum Gasteiger partial charge on any atom is 0.335 e. The number of sulfone groups is 1. The smallest absolute Gasteiger partial charge is 0.335 e. The molecule has 1 amide bonds. The molecule has 6 aliphatic rings. The molecule has 5 aliphatic carbocycles. The van der Waals surface area contributed by atoms with Gasteiger partial charge in [-0.05, 0) is 145 Å². The summed E-state index contributed by atoms with van der Waals surface area (Å²) in [7, 11) is -3.02. The van der Waals surface area contributed by atoms with E-state index >= 15 is 0 Å². The number of carbonyl (C=O) groups is 2. The second-order valence-corrected chi connectivity index (χ2v) is 21.4. The molecule has 5 fully saturated rings. The molecule has 1 aromatic rings. The molecule has 7 nitrogen and oxygen atoms in total. The number of allylic oxidation sites excluding steroid dienone is 3. The number of fused-ring (bicyclic) bond motifs is 7. The van der Waals surface area contributed by atoms with Crippen LogP contribution in [-0.4, -0.2) is 68.0 Å². The minimum Gasteiger partial charge on any atom is -0.478 e. The van der Waals surface area contributed by atoms with Crippen molar-refractivity contribution in [3.63, 3.8) is 0 Å². The third-order valence-corrected chi connectivity index (χ3v) is 18.3. The Hall–Kier alpha value is -2.45. The molecule has 8 heteroatoms. The fraction of sp³-hybridized carbons (Fsp3) is 0.721. The Morgan fingerprint density at radius 2 is 1.59 bits per heavy atom. The Bertz CT molecular complexity index is 1720. The van der Waals surface area contributed by atoms with E-state index in [1.165, 1.54) is 62.5 Å². The third kappa shape index (κ3) is 5.70. The van der Waals surface area contributed by atoms with Gasteiger partial charge in [0.15, 0.2) is 9.84 Å². The van der Waals surface area contributed by atoms with Crippen molar-refractivity contribution in [2.45, 2.75) is 99.3 Å². The van der Waals surface area contributed by atoms with Crippen LogP contribution in [-0.2, 0) is 14.6 Å². The lowest BCUT2D eigenvalue weighted by atomic mass is 9.32. The molecule has 9 atom stereocenters. The Morgan fingerprint density at radius 3 is 2.24 bits per heavy atom. The van der Waals surface area contributed by atoms with Gasteiger partial charge < -0.3 is 15.3 Å². The van der Waals surface area contributed by atoms with Crippen LogP contribution in [0.2, 0.25) is 0 Å². The maximum atomic E-state index is 13.2. The van der Waals surface area contributed by atoms with Gasteiger partial charge in [0.05, 0.1) is 23.6 Å². The van der Waals surface area contributed by atoms with E-state index in [1.807, 2.05) is 12.1 Å². The van der Waals surface area contributed by atoms with Crippen molar-refractivity contribution in [1.82, 2.24) is 10.2 Å². The normalized spacial score (nSPS) is 40.9. The number of carbonyl (C=O) groups excluding carboxylic acids is 1. The zero-order valence-corrected chi connectivity index (χ0v) is 32.8. The van der Waals surface area contributed by atoms with Crippen LogP contribution in [0.5, 0.6) is 0 Å². The van der Waals surface area contributed by atoms with Crippen LogP contribution in [0.4, 0.5) is 0 Å². The zero-order valence-electron chi connectivity index (χ0n) is 32.0. The number of nitrogens with one attached hydrogen (secondary N) is 1. The molecule has 2 N–H and O–H groups in total. The molecular formula is C43H62N2O5S. The average molecular weight is 719 g/mol. The van der Waals surface area contributed by atoms with Gasteiger partial charge in [0, 0.05) is 19.6 Å². The molecule has 0 unspecified atom stereocenters. The second-order valence-electron chi connectivity index (χ2n) is 19.1. The summed E-state index contributed by atoms with van der Waals surface area (Å²) in [6, 6.07) is 7.53. The summed E-state index contributed by atoms with van der Waals surface area (Å²) >= 11 is 0. The molecule has 0 spiro atoms. The number of hydrogen-bond donors (Lipinski definition) is 2. The van der Waals surface area contributed by atoms with Crippen LogP contribution in [0.15, 0.2) is 42.5 Å². The quantitative estimate of drug-likeness (QED) is 0.278. The molecule has 4 saturated carbocycles. The number of hydrogen-bond acceptors (Lipinski definition) is 5. The summed E-state index contributed by atoms with van der Waals surface area (Å²) in [6.07, 6.45) is 13.3. The number of benzene rings is 1. The lowest BCUT2D eigenvalue weighted by Crippen LogP contribution is -2.66. The zero-order chi connectivity index (χ0) is 36.8. The Balaban J connectivity index is 1.13. The summed E-state index contributed by atoms with van der Waals surface area (Å²) < 4.78 is 23.9. The summed E-state index contributed by atoms with van der Waals surface area (Å²) in [5.41, 5.74) is 5.00. The van der Waals surface area contributed by atoms with Crippen LogP contribution in [0, 0.1) is 56.7 Å². The van der Waals surface area contributed by atoms with Gasteiger partial charge in [0.25, 0.3) is 0 Å². The van der Waals surface area contributed by atoms with Crippen LogP contribution in [0.25, 0.3) is 5.57 Å². The number of carboxylic acid groups (broad SMARTS) is 1. The molecule has 1 aromatic carbocycles. The Morgan fingerprint density at radius 1 is 0.902 bits per heavy atom. The van der Waals surface area contributed by atoms with Gasteiger partial charge >= 0.3 is 5.97 Å². The molecule has 1 saturated heterocycles. The number of aromatic carboxylic acids is 1. The maximum absolute atomic E-state index is 13.2. The van der Waals surface area contributed by atoms with Gasteiger partial charge in [-0.2, -0.15) is 0 Å². The number of carboxylic acids is 1. The summed E-state index contributed by atoms with van der Waals surface area (Å²) in [5, 5.41) is 13.1. The molecule has 51 heavy (non-hydrogen) atoms. The van der Waals surface area contributed by atoms with Crippen molar-refractivity contribution in [2.75, 3.05) is 37.7 Å². The van der Waals surface area contributed by atoms with Gasteiger partial charge in [-0.25, -0.2) is 13.2 Å². The van der Waals surface area contributed by atoms with E-state index in [2.05, 4.69) is 59.5 Å². The summed E-state index contributed by atoms with van der Waals surface area (Å²) in [5.74, 6) is 2.17. The van der Waals surface area contributed by atoms with E-state index < -0.39 is 15.8 Å². The van der Waals surface area contributed by atoms with E-state index in [0.29, 0.717) is 48.2 Å². The highest BCUT2D eigenvalue weighted by molar-refractivity contribution is 7.91. The van der Waals surface area contributed by atoms with Crippen LogP contribution in [0.3, 0.4) is 0 Å². The third-order valence-electron chi connectivity index (χ3n) is 16.7. The van der Waals surface area contributed by atoms with E-state index in [1.54, 1.807) is 17.0 Å². The lowest BCUT2D eigenvalue weighted by molar-refractivity contribution is -0.225. The monoisotopic (exact) mass is 718 g/mol.